The van der Waals surface area contributed by atoms with Crippen LogP contribution in [0.3, 0.4) is 0 Å². The summed E-state index contributed by atoms with van der Waals surface area (Å²) in [7, 11) is 0. The van der Waals surface area contributed by atoms with Crippen molar-refractivity contribution < 1.29 is 9.90 Å². The Morgan fingerprint density at radius 3 is 2.33 bits per heavy atom. The number of aromatic nitrogens is 1. The third-order valence-electron chi connectivity index (χ3n) is 4.52. The predicted octanol–water partition coefficient (Wildman–Crippen LogP) is 3.82. The number of amides is 1. The van der Waals surface area contributed by atoms with E-state index in [0.29, 0.717) is 5.69 Å². The number of nitrogens with zero attached hydrogens (tertiary/aromatic N) is 2. The number of pyridine rings is 1. The van der Waals surface area contributed by atoms with Crippen LogP contribution in [0, 0.1) is 0 Å². The van der Waals surface area contributed by atoms with E-state index in [1.165, 1.54) is 12.8 Å². The first-order chi connectivity index (χ1) is 11.6. The first-order valence-corrected chi connectivity index (χ1v) is 8.70. The number of likely N-dealkylation sites (tertiary alicyclic amines) is 1. The summed E-state index contributed by atoms with van der Waals surface area (Å²) in [4.78, 5) is 19.1. The largest absolute Gasteiger partial charge is 0.387 e. The van der Waals surface area contributed by atoms with Crippen molar-refractivity contribution in [3.63, 3.8) is 0 Å². The van der Waals surface area contributed by atoms with E-state index in [2.05, 4.69) is 4.98 Å². The molecule has 1 amide bonds. The molecule has 3 rings (SSSR count). The van der Waals surface area contributed by atoms with Crippen molar-refractivity contribution in [2.24, 2.45) is 0 Å². The van der Waals surface area contributed by atoms with Gasteiger partial charge in [-0.3, -0.25) is 9.78 Å². The highest BCUT2D eigenvalue weighted by atomic mass is 16.3. The Bertz CT molecular complexity index is 687. The van der Waals surface area contributed by atoms with Gasteiger partial charge in [0.1, 0.15) is 0 Å². The lowest BCUT2D eigenvalue weighted by atomic mass is 10.1. The van der Waals surface area contributed by atoms with Crippen LogP contribution < -0.4 is 0 Å². The van der Waals surface area contributed by atoms with Crippen LogP contribution in [0.25, 0.3) is 11.3 Å². The summed E-state index contributed by atoms with van der Waals surface area (Å²) in [5.41, 5.74) is 3.14. The SMILES string of the molecule is CC(O)c1cccc(-c2ccc(C(=O)N3CCCCCC3)cc2)n1. The normalized spacial score (nSPS) is 16.5. The molecule has 1 fully saturated rings. The van der Waals surface area contributed by atoms with Gasteiger partial charge in [0.25, 0.3) is 5.91 Å². The van der Waals surface area contributed by atoms with Crippen molar-refractivity contribution in [2.45, 2.75) is 38.7 Å². The molecule has 4 heteroatoms. The highest BCUT2D eigenvalue weighted by Crippen LogP contribution is 2.21. The van der Waals surface area contributed by atoms with Crippen molar-refractivity contribution in [3.8, 4) is 11.3 Å². The summed E-state index contributed by atoms with van der Waals surface area (Å²) >= 11 is 0. The van der Waals surface area contributed by atoms with E-state index in [4.69, 9.17) is 0 Å². The third-order valence-corrected chi connectivity index (χ3v) is 4.52. The van der Waals surface area contributed by atoms with Crippen LogP contribution in [-0.2, 0) is 0 Å². The zero-order chi connectivity index (χ0) is 16.9. The lowest BCUT2D eigenvalue weighted by Crippen LogP contribution is -2.31. The quantitative estimate of drug-likeness (QED) is 0.934. The van der Waals surface area contributed by atoms with Crippen LogP contribution in [0.4, 0.5) is 0 Å². The van der Waals surface area contributed by atoms with Gasteiger partial charge in [0.15, 0.2) is 0 Å². The molecule has 0 saturated carbocycles. The molecule has 1 aromatic carbocycles. The predicted molar refractivity (Wildman–Crippen MR) is 94.7 cm³/mol. The molecule has 0 radical (unpaired) electrons. The molecule has 1 aliphatic rings. The van der Waals surface area contributed by atoms with E-state index in [1.54, 1.807) is 6.92 Å². The van der Waals surface area contributed by atoms with Crippen LogP contribution in [0.2, 0.25) is 0 Å². The summed E-state index contributed by atoms with van der Waals surface area (Å²) in [5, 5.41) is 9.67. The van der Waals surface area contributed by atoms with Gasteiger partial charge >= 0.3 is 0 Å². The van der Waals surface area contributed by atoms with Crippen LogP contribution in [-0.4, -0.2) is 34.0 Å². The van der Waals surface area contributed by atoms with E-state index in [-0.39, 0.29) is 5.91 Å². The molecule has 2 heterocycles. The minimum atomic E-state index is -0.589. The van der Waals surface area contributed by atoms with E-state index in [1.807, 2.05) is 47.4 Å². The van der Waals surface area contributed by atoms with Crippen LogP contribution in [0.1, 0.15) is 54.8 Å². The molecule has 4 nitrogen and oxygen atoms in total. The van der Waals surface area contributed by atoms with Gasteiger partial charge in [-0.2, -0.15) is 0 Å². The monoisotopic (exact) mass is 324 g/mol. The summed E-state index contributed by atoms with van der Waals surface area (Å²) < 4.78 is 0. The Labute approximate surface area is 143 Å². The highest BCUT2D eigenvalue weighted by Gasteiger charge is 2.17. The van der Waals surface area contributed by atoms with E-state index in [0.717, 1.165) is 42.8 Å². The van der Waals surface area contributed by atoms with Gasteiger partial charge in [-0.1, -0.05) is 31.0 Å². The number of carbonyl (C=O) groups is 1. The Kier molecular flexibility index (Phi) is 5.26. The fourth-order valence-corrected chi connectivity index (χ4v) is 3.08. The Morgan fingerprint density at radius 1 is 1.04 bits per heavy atom. The molecule has 126 valence electrons. The standard InChI is InChI=1S/C20H24N2O2/c1-15(23)18-7-6-8-19(21-18)16-9-11-17(12-10-16)20(24)22-13-4-2-3-5-14-22/h6-12,15,23H,2-5,13-14H2,1H3. The summed E-state index contributed by atoms with van der Waals surface area (Å²) in [6, 6.07) is 13.2. The molecule has 1 unspecified atom stereocenters. The second kappa shape index (κ2) is 7.58. The minimum Gasteiger partial charge on any atom is -0.387 e. The highest BCUT2D eigenvalue weighted by molar-refractivity contribution is 5.94. The van der Waals surface area contributed by atoms with E-state index < -0.39 is 6.10 Å². The van der Waals surface area contributed by atoms with Crippen molar-refractivity contribution >= 4 is 5.91 Å². The molecule has 1 aliphatic heterocycles. The van der Waals surface area contributed by atoms with E-state index in [9.17, 15) is 9.90 Å². The maximum absolute atomic E-state index is 12.6. The molecular formula is C20H24N2O2. The smallest absolute Gasteiger partial charge is 0.253 e. The molecule has 1 saturated heterocycles. The van der Waals surface area contributed by atoms with Gasteiger partial charge in [0.05, 0.1) is 17.5 Å². The van der Waals surface area contributed by atoms with Gasteiger partial charge in [-0.05, 0) is 44.0 Å². The Hall–Kier alpha value is -2.20. The molecule has 1 aromatic heterocycles. The summed E-state index contributed by atoms with van der Waals surface area (Å²) in [5.74, 6) is 0.120. The van der Waals surface area contributed by atoms with Crippen LogP contribution in [0.5, 0.6) is 0 Å². The van der Waals surface area contributed by atoms with E-state index >= 15 is 0 Å². The second-order valence-electron chi connectivity index (χ2n) is 6.41. The number of aliphatic hydroxyl groups is 1. The lowest BCUT2D eigenvalue weighted by Gasteiger charge is -2.20. The first-order valence-electron chi connectivity index (χ1n) is 8.70. The fraction of sp³-hybridized carbons (Fsp3) is 0.400. The van der Waals surface area contributed by atoms with Crippen molar-refractivity contribution in [2.75, 3.05) is 13.1 Å². The Morgan fingerprint density at radius 2 is 1.71 bits per heavy atom. The summed E-state index contributed by atoms with van der Waals surface area (Å²) in [6.07, 6.45) is 4.04. The van der Waals surface area contributed by atoms with Gasteiger partial charge in [0.2, 0.25) is 0 Å². The van der Waals surface area contributed by atoms with Crippen LogP contribution in [0.15, 0.2) is 42.5 Å². The average Bonchev–Trinajstić information content (AvgIpc) is 2.91. The summed E-state index contributed by atoms with van der Waals surface area (Å²) in [6.45, 7) is 3.42. The van der Waals surface area contributed by atoms with Crippen LogP contribution >= 0.6 is 0 Å². The van der Waals surface area contributed by atoms with Crippen molar-refractivity contribution in [3.05, 3.63) is 53.7 Å². The first kappa shape index (κ1) is 16.7. The number of carbonyl (C=O) groups excluding carboxylic acids is 1. The number of hydrogen-bond donors (Lipinski definition) is 1. The molecule has 0 bridgehead atoms. The Balaban J connectivity index is 1.77. The zero-order valence-electron chi connectivity index (χ0n) is 14.1. The molecule has 1 atom stereocenters. The van der Waals surface area contributed by atoms with Gasteiger partial charge < -0.3 is 10.0 Å². The number of rotatable bonds is 3. The molecular weight excluding hydrogens is 300 g/mol. The zero-order valence-corrected chi connectivity index (χ0v) is 14.1. The third kappa shape index (κ3) is 3.82. The fourth-order valence-electron chi connectivity index (χ4n) is 3.08. The molecule has 0 aliphatic carbocycles. The second-order valence-corrected chi connectivity index (χ2v) is 6.41. The number of benzene rings is 1. The minimum absolute atomic E-state index is 0.120. The molecule has 24 heavy (non-hydrogen) atoms. The van der Waals surface area contributed by atoms with Gasteiger partial charge in [-0.25, -0.2) is 0 Å². The number of aliphatic hydroxyl groups excluding tert-OH is 1. The van der Waals surface area contributed by atoms with Crippen molar-refractivity contribution in [1.29, 1.82) is 0 Å². The maximum Gasteiger partial charge on any atom is 0.253 e. The van der Waals surface area contributed by atoms with Gasteiger partial charge in [0, 0.05) is 24.2 Å². The van der Waals surface area contributed by atoms with Gasteiger partial charge in [-0.15, -0.1) is 0 Å². The molecule has 1 N–H and O–H groups in total. The topological polar surface area (TPSA) is 53.4 Å². The average molecular weight is 324 g/mol. The number of hydrogen-bond acceptors (Lipinski definition) is 3. The molecule has 2 aromatic rings. The maximum atomic E-state index is 12.6. The lowest BCUT2D eigenvalue weighted by molar-refractivity contribution is 0.0761. The molecule has 0 spiro atoms. The van der Waals surface area contributed by atoms with Crippen molar-refractivity contribution in [1.82, 2.24) is 9.88 Å².